The molecule has 1 spiro atoms. The Balaban J connectivity index is 1.37. The highest BCUT2D eigenvalue weighted by Gasteiger charge is 2.80. The van der Waals surface area contributed by atoms with Crippen LogP contribution in [0.5, 0.6) is 0 Å². The van der Waals surface area contributed by atoms with Crippen LogP contribution in [0.25, 0.3) is 10.9 Å². The van der Waals surface area contributed by atoms with Crippen LogP contribution in [0.15, 0.2) is 60.2 Å². The number of carbonyl (C=O) groups excluding carboxylic acids is 3. The van der Waals surface area contributed by atoms with Gasteiger partial charge < -0.3 is 34.7 Å². The number of nitrogens with one attached hydrogen (secondary N) is 1. The number of aromatic nitrogens is 1. The van der Waals surface area contributed by atoms with Gasteiger partial charge in [-0.2, -0.15) is 0 Å². The number of aliphatic hydroxyl groups excluding tert-OH is 2. The maximum Gasteiger partial charge on any atom is 0.344 e. The van der Waals surface area contributed by atoms with Gasteiger partial charge in [0.25, 0.3) is 0 Å². The fourth-order valence-electron chi connectivity index (χ4n) is 13.0. The second kappa shape index (κ2) is 13.4. The van der Waals surface area contributed by atoms with Crippen LogP contribution < -0.4 is 4.90 Å². The molecule has 9 atom stereocenters. The number of H-pyrrole nitrogens is 1. The maximum absolute atomic E-state index is 15.1. The number of nitrogens with zero attached hydrogens (tertiary/aromatic N) is 3. The Labute approximate surface area is 333 Å². The number of esters is 2. The first-order valence-electron chi connectivity index (χ1n) is 20.5. The van der Waals surface area contributed by atoms with Crippen molar-refractivity contribution in [3.05, 3.63) is 88.1 Å². The lowest BCUT2D eigenvalue weighted by atomic mass is 9.47. The van der Waals surface area contributed by atoms with E-state index < -0.39 is 59.1 Å². The van der Waals surface area contributed by atoms with Crippen LogP contribution in [0.3, 0.4) is 0 Å². The van der Waals surface area contributed by atoms with Gasteiger partial charge in [0, 0.05) is 79.3 Å². The minimum Gasteiger partial charge on any atom is -0.467 e. The molecule has 5 aliphatic heterocycles. The van der Waals surface area contributed by atoms with Gasteiger partial charge in [-0.15, -0.1) is 0 Å². The van der Waals surface area contributed by atoms with E-state index in [-0.39, 0.29) is 17.7 Å². The SMILES string of the molecule is CCC1=C[C@@H]2CN(C1)Cc1c([nH]c3ccccc13)[C@@](C(=O)CO)(c1cc3c(cc1CO)N(C)[C@H]1[C@@](O)(C(=O)OC)[C@H](OC(C)=O)[C@]4(CC)C=CCN5CC[C@]31[C@@H]54)C2. The number of methoxy groups -OCH3 is 1. The Morgan fingerprint density at radius 1 is 1.05 bits per heavy atom. The molecule has 6 aliphatic rings. The molecule has 0 amide bonds. The minimum absolute atomic E-state index is 0.0288. The zero-order chi connectivity index (χ0) is 40.2. The van der Waals surface area contributed by atoms with Crippen molar-refractivity contribution in [1.29, 1.82) is 0 Å². The molecule has 12 heteroatoms. The van der Waals surface area contributed by atoms with E-state index >= 15 is 4.79 Å². The summed E-state index contributed by atoms with van der Waals surface area (Å²) >= 11 is 0. The van der Waals surface area contributed by atoms with Crippen molar-refractivity contribution in [2.75, 3.05) is 51.8 Å². The van der Waals surface area contributed by atoms with Crippen molar-refractivity contribution in [2.24, 2.45) is 11.3 Å². The van der Waals surface area contributed by atoms with Crippen molar-refractivity contribution >= 4 is 34.3 Å². The van der Waals surface area contributed by atoms with E-state index in [2.05, 4.69) is 39.9 Å². The molecule has 12 nitrogen and oxygen atoms in total. The van der Waals surface area contributed by atoms with Gasteiger partial charge in [-0.05, 0) is 72.5 Å². The molecule has 1 saturated heterocycles. The molecule has 302 valence electrons. The third kappa shape index (κ3) is 4.88. The standard InChI is InChI=1S/C45H54N4O8/c1-6-27-17-28-20-44(36(53)25-51,37-31(23-48(21-27)22-28)30-11-8-9-12-34(30)46-37)32-19-33-35(18-29(32)24-50)47(4)39-43(33)14-16-49-15-10-13-42(7-2,38(43)49)40(57-26(3)52)45(39,55)41(54)56-5/h8-13,17-19,28,38-40,46,50-51,55H,6-7,14-16,20-25H2,1-5H3/t28-,38-,39+,40+,42+,43+,44+,45-/m0/s1. The van der Waals surface area contributed by atoms with Crippen LogP contribution in [0.2, 0.25) is 0 Å². The van der Waals surface area contributed by atoms with E-state index in [1.807, 2.05) is 55.3 Å². The van der Waals surface area contributed by atoms with Crippen molar-refractivity contribution in [1.82, 2.24) is 14.8 Å². The number of hydrogen-bond donors (Lipinski definition) is 4. The summed E-state index contributed by atoms with van der Waals surface area (Å²) in [5.41, 5.74) is 1.00. The highest BCUT2D eigenvalue weighted by Crippen LogP contribution is 2.68. The largest absolute Gasteiger partial charge is 0.467 e. The number of ketones is 1. The predicted molar refractivity (Wildman–Crippen MR) is 214 cm³/mol. The number of Topliss-reactive ketones (excluding diaryl/α,β-unsaturated/α-hetero) is 1. The van der Waals surface area contributed by atoms with E-state index in [9.17, 15) is 24.9 Å². The second-order valence-electron chi connectivity index (χ2n) is 17.4. The summed E-state index contributed by atoms with van der Waals surface area (Å²) in [4.78, 5) is 52.8. The first-order chi connectivity index (χ1) is 27.4. The Morgan fingerprint density at radius 3 is 2.54 bits per heavy atom. The summed E-state index contributed by atoms with van der Waals surface area (Å²) in [6, 6.07) is 10.8. The second-order valence-corrected chi connectivity index (χ2v) is 17.4. The molecule has 0 radical (unpaired) electrons. The van der Waals surface area contributed by atoms with Crippen LogP contribution in [0.1, 0.15) is 74.4 Å². The fourth-order valence-corrected chi connectivity index (χ4v) is 13.0. The van der Waals surface area contributed by atoms with E-state index in [0.29, 0.717) is 55.7 Å². The van der Waals surface area contributed by atoms with E-state index in [4.69, 9.17) is 9.47 Å². The van der Waals surface area contributed by atoms with Crippen molar-refractivity contribution in [3.63, 3.8) is 0 Å². The molecule has 57 heavy (non-hydrogen) atoms. The third-order valence-electron chi connectivity index (χ3n) is 14.9. The Morgan fingerprint density at radius 2 is 1.84 bits per heavy atom. The molecule has 2 fully saturated rings. The van der Waals surface area contributed by atoms with Crippen molar-refractivity contribution in [2.45, 2.75) is 94.2 Å². The molecule has 1 saturated carbocycles. The molecule has 9 rings (SSSR count). The first-order valence-corrected chi connectivity index (χ1v) is 20.5. The third-order valence-corrected chi connectivity index (χ3v) is 14.9. The van der Waals surface area contributed by atoms with E-state index in [0.717, 1.165) is 47.2 Å². The monoisotopic (exact) mass is 778 g/mol. The van der Waals surface area contributed by atoms with Crippen molar-refractivity contribution < 1.29 is 39.2 Å². The van der Waals surface area contributed by atoms with Crippen LogP contribution in [0.4, 0.5) is 5.69 Å². The smallest absolute Gasteiger partial charge is 0.344 e. The van der Waals surface area contributed by atoms with Crippen LogP contribution >= 0.6 is 0 Å². The topological polar surface area (TPSA) is 156 Å². The molecule has 1 aliphatic carbocycles. The number of para-hydroxylation sites is 1. The summed E-state index contributed by atoms with van der Waals surface area (Å²) in [5, 5.41) is 36.7. The van der Waals surface area contributed by atoms with Gasteiger partial charge in [0.1, 0.15) is 6.61 Å². The lowest BCUT2D eigenvalue weighted by Crippen LogP contribution is -2.81. The Bertz CT molecular complexity index is 2250. The van der Waals surface area contributed by atoms with Gasteiger partial charge in [0.05, 0.1) is 25.2 Å². The van der Waals surface area contributed by atoms with E-state index in [1.54, 1.807) is 0 Å². The number of carbonyl (C=O) groups is 3. The number of fused-ring (bicyclic) bond motifs is 6. The quantitative estimate of drug-likeness (QED) is 0.196. The highest BCUT2D eigenvalue weighted by atomic mass is 16.6. The summed E-state index contributed by atoms with van der Waals surface area (Å²) in [6.07, 6.45) is 7.37. The Hall–Kier alpha value is -4.33. The molecule has 1 unspecified atom stereocenters. The number of rotatable bonds is 8. The summed E-state index contributed by atoms with van der Waals surface area (Å²) in [7, 11) is 3.08. The zero-order valence-electron chi connectivity index (χ0n) is 33.5. The van der Waals surface area contributed by atoms with Crippen LogP contribution in [-0.2, 0) is 47.8 Å². The van der Waals surface area contributed by atoms with Crippen molar-refractivity contribution in [3.8, 4) is 0 Å². The molecule has 4 N–H and O–H groups in total. The van der Waals surface area contributed by atoms with Gasteiger partial charge in [-0.25, -0.2) is 4.79 Å². The van der Waals surface area contributed by atoms with Gasteiger partial charge in [0.2, 0.25) is 5.60 Å². The molecule has 1 aromatic heterocycles. The van der Waals surface area contributed by atoms with Gasteiger partial charge in [-0.3, -0.25) is 19.4 Å². The first kappa shape index (κ1) is 38.2. The number of likely N-dealkylation sites (N-methyl/N-ethyl adjacent to an activating group) is 1. The van der Waals surface area contributed by atoms with Crippen LogP contribution in [0, 0.1) is 11.3 Å². The van der Waals surface area contributed by atoms with Crippen LogP contribution in [-0.4, -0.2) is 119 Å². The lowest BCUT2D eigenvalue weighted by Gasteiger charge is -2.63. The van der Waals surface area contributed by atoms with Gasteiger partial charge >= 0.3 is 11.9 Å². The summed E-state index contributed by atoms with van der Waals surface area (Å²) in [5.74, 6) is -1.89. The number of ether oxygens (including phenoxy) is 2. The average molecular weight is 779 g/mol. The maximum atomic E-state index is 15.1. The molecule has 2 aromatic carbocycles. The number of aromatic amines is 1. The number of benzene rings is 2. The van der Waals surface area contributed by atoms with E-state index in [1.165, 1.54) is 19.6 Å². The number of hydrogen-bond acceptors (Lipinski definition) is 11. The summed E-state index contributed by atoms with van der Waals surface area (Å²) in [6.45, 7) is 7.82. The summed E-state index contributed by atoms with van der Waals surface area (Å²) < 4.78 is 11.6. The van der Waals surface area contributed by atoms with Gasteiger partial charge in [-0.1, -0.05) is 61.9 Å². The fraction of sp³-hybridized carbons (Fsp3) is 0.533. The number of aliphatic hydroxyl groups is 3. The zero-order valence-corrected chi connectivity index (χ0v) is 33.5. The molecule has 6 heterocycles. The normalized spacial score (nSPS) is 35.1. The lowest BCUT2D eigenvalue weighted by molar-refractivity contribution is -0.228. The average Bonchev–Trinajstić information content (AvgIpc) is 3.87. The minimum atomic E-state index is -2.31. The predicted octanol–water partition coefficient (Wildman–Crippen LogP) is 3.63. The molecular formula is C45H54N4O8. The highest BCUT2D eigenvalue weighted by molar-refractivity contribution is 5.98. The van der Waals surface area contributed by atoms with Gasteiger partial charge in [0.15, 0.2) is 11.9 Å². The molecule has 3 aromatic rings. The molecule has 2 bridgehead atoms. The number of anilines is 1. The Kier molecular flexibility index (Phi) is 8.95. The molecular weight excluding hydrogens is 725 g/mol.